The first kappa shape index (κ1) is 38.7. The maximum atomic E-state index is 13.9. The van der Waals surface area contributed by atoms with Gasteiger partial charge in [-0.2, -0.15) is 74.6 Å². The molecule has 0 aliphatic heterocycles. The van der Waals surface area contributed by atoms with Gasteiger partial charge in [-0.25, -0.2) is 4.79 Å². The molecule has 0 fully saturated rings. The standard InChI is InChI=1S/C22H16F17NO4/c1-10(41)12(40-13(42)11-6-3-2-4-7-11)14(43)44-9-5-8-15(23,24)16(25,26)17(27,28)18(29,30)19(31,32)20(33,34)21(35,36)22(37,38)39/h2-4,6-7,12H,5,8-9H2,1H3,(H,40,42). The average Bonchev–Trinajstić information content (AvgIpc) is 2.88. The zero-order valence-electron chi connectivity index (χ0n) is 21.1. The summed E-state index contributed by atoms with van der Waals surface area (Å²) in [6.45, 7) is -0.860. The number of amides is 1. The number of hydrogen-bond acceptors (Lipinski definition) is 4. The maximum absolute atomic E-state index is 13.9. The molecule has 0 heterocycles. The van der Waals surface area contributed by atoms with Crippen molar-refractivity contribution in [3.63, 3.8) is 0 Å². The van der Waals surface area contributed by atoms with Crippen molar-refractivity contribution in [3.05, 3.63) is 35.9 Å². The Morgan fingerprint density at radius 3 is 1.48 bits per heavy atom. The second-order valence-electron chi connectivity index (χ2n) is 8.80. The Morgan fingerprint density at radius 1 is 0.659 bits per heavy atom. The van der Waals surface area contributed by atoms with Gasteiger partial charge in [0.25, 0.3) is 5.91 Å². The molecule has 0 bridgehead atoms. The predicted octanol–water partition coefficient (Wildman–Crippen LogP) is 6.71. The van der Waals surface area contributed by atoms with Crippen molar-refractivity contribution in [2.45, 2.75) is 73.4 Å². The van der Waals surface area contributed by atoms with Crippen LogP contribution in [0.3, 0.4) is 0 Å². The fraction of sp³-hybridized carbons (Fsp3) is 0.591. The van der Waals surface area contributed by atoms with Crippen LogP contribution < -0.4 is 5.32 Å². The van der Waals surface area contributed by atoms with Crippen molar-refractivity contribution in [3.8, 4) is 0 Å². The number of benzene rings is 1. The van der Waals surface area contributed by atoms with Gasteiger partial charge in [-0.1, -0.05) is 18.2 Å². The number of rotatable bonds is 14. The second kappa shape index (κ2) is 12.2. The summed E-state index contributed by atoms with van der Waals surface area (Å²) in [7, 11) is 0. The third-order valence-corrected chi connectivity index (χ3v) is 5.62. The number of Topliss-reactive ketones (excluding diaryl/α,β-unsaturated/α-hetero) is 1. The van der Waals surface area contributed by atoms with Crippen LogP contribution >= 0.6 is 0 Å². The van der Waals surface area contributed by atoms with E-state index >= 15 is 0 Å². The summed E-state index contributed by atoms with van der Waals surface area (Å²) in [5.41, 5.74) is -0.128. The predicted molar refractivity (Wildman–Crippen MR) is 109 cm³/mol. The van der Waals surface area contributed by atoms with Crippen LogP contribution in [0.25, 0.3) is 0 Å². The van der Waals surface area contributed by atoms with Crippen molar-refractivity contribution in [1.82, 2.24) is 5.32 Å². The summed E-state index contributed by atoms with van der Waals surface area (Å²) in [5.74, 6) is -61.2. The molecule has 0 aliphatic rings. The van der Waals surface area contributed by atoms with E-state index in [-0.39, 0.29) is 5.56 Å². The highest BCUT2D eigenvalue weighted by Crippen LogP contribution is 2.64. The molecule has 1 unspecified atom stereocenters. The van der Waals surface area contributed by atoms with Gasteiger partial charge in [0.05, 0.1) is 6.61 Å². The highest BCUT2D eigenvalue weighted by Gasteiger charge is 2.95. The van der Waals surface area contributed by atoms with E-state index in [1.54, 1.807) is 0 Å². The number of carbonyl (C=O) groups excluding carboxylic acids is 3. The minimum Gasteiger partial charge on any atom is -0.464 e. The number of alkyl halides is 17. The number of carbonyl (C=O) groups is 3. The van der Waals surface area contributed by atoms with E-state index < -0.39 is 90.8 Å². The van der Waals surface area contributed by atoms with Crippen LogP contribution in [0.1, 0.15) is 30.1 Å². The number of ketones is 1. The molecular formula is C22H16F17NO4. The van der Waals surface area contributed by atoms with Crippen LogP contribution in [0.4, 0.5) is 74.6 Å². The van der Waals surface area contributed by atoms with E-state index in [0.29, 0.717) is 6.92 Å². The molecule has 0 aliphatic carbocycles. The summed E-state index contributed by atoms with van der Waals surface area (Å²) in [6, 6.07) is 4.35. The van der Waals surface area contributed by atoms with Crippen molar-refractivity contribution < 1.29 is 93.8 Å². The molecule has 1 atom stereocenters. The normalized spacial score (nSPS) is 15.0. The van der Waals surface area contributed by atoms with E-state index in [9.17, 15) is 89.0 Å². The molecule has 0 radical (unpaired) electrons. The minimum absolute atomic E-state index is 0.128. The van der Waals surface area contributed by atoms with Crippen molar-refractivity contribution in [1.29, 1.82) is 0 Å². The Hall–Kier alpha value is -3.36. The van der Waals surface area contributed by atoms with Crippen LogP contribution in [0.15, 0.2) is 30.3 Å². The van der Waals surface area contributed by atoms with Gasteiger partial charge in [0, 0.05) is 12.0 Å². The van der Waals surface area contributed by atoms with Crippen LogP contribution in [0.5, 0.6) is 0 Å². The first-order chi connectivity index (χ1) is 19.5. The van der Waals surface area contributed by atoms with E-state index in [0.717, 1.165) is 0 Å². The Kier molecular flexibility index (Phi) is 10.7. The molecule has 5 nitrogen and oxygen atoms in total. The smallest absolute Gasteiger partial charge is 0.460 e. The minimum atomic E-state index is -8.73. The number of halogens is 17. The van der Waals surface area contributed by atoms with E-state index in [1.807, 2.05) is 5.32 Å². The van der Waals surface area contributed by atoms with Gasteiger partial charge in [-0.3, -0.25) is 9.59 Å². The van der Waals surface area contributed by atoms with Gasteiger partial charge in [-0.15, -0.1) is 0 Å². The summed E-state index contributed by atoms with van der Waals surface area (Å²) < 4.78 is 230. The lowest BCUT2D eigenvalue weighted by Crippen LogP contribution is -2.74. The molecule has 44 heavy (non-hydrogen) atoms. The van der Waals surface area contributed by atoms with Crippen molar-refractivity contribution in [2.24, 2.45) is 0 Å². The summed E-state index contributed by atoms with van der Waals surface area (Å²) in [4.78, 5) is 35.7. The van der Waals surface area contributed by atoms with E-state index in [2.05, 4.69) is 4.74 Å². The number of ether oxygens (including phenoxy) is 1. The molecule has 1 N–H and O–H groups in total. The summed E-state index contributed by atoms with van der Waals surface area (Å²) in [6.07, 6.45) is -12.4. The van der Waals surface area contributed by atoms with Gasteiger partial charge in [0.2, 0.25) is 0 Å². The number of nitrogens with one attached hydrogen (secondary N) is 1. The Bertz CT molecular complexity index is 1200. The average molecular weight is 681 g/mol. The van der Waals surface area contributed by atoms with Gasteiger partial charge < -0.3 is 10.1 Å². The molecule has 0 spiro atoms. The molecule has 1 aromatic carbocycles. The van der Waals surface area contributed by atoms with Gasteiger partial charge in [-0.05, 0) is 25.5 Å². The first-order valence-electron chi connectivity index (χ1n) is 11.2. The SMILES string of the molecule is CC(=O)C(NC(=O)c1ccccc1)C(=O)OCCCC(F)(F)C(F)(F)C(F)(F)C(F)(F)C(F)(F)C(F)(F)C(F)(F)C(F)(F)F. The summed E-state index contributed by atoms with van der Waals surface area (Å²) in [5, 5.41) is 1.83. The van der Waals surface area contributed by atoms with Crippen LogP contribution in [-0.4, -0.2) is 77.9 Å². The molecule has 1 amide bonds. The lowest BCUT2D eigenvalue weighted by atomic mass is 9.88. The van der Waals surface area contributed by atoms with Gasteiger partial charge in [0.1, 0.15) is 0 Å². The first-order valence-corrected chi connectivity index (χ1v) is 11.2. The Morgan fingerprint density at radius 2 is 1.07 bits per heavy atom. The Balaban J connectivity index is 3.11. The quantitative estimate of drug-likeness (QED) is 0.103. The monoisotopic (exact) mass is 681 g/mol. The van der Waals surface area contributed by atoms with Crippen molar-refractivity contribution >= 4 is 17.7 Å². The molecule has 1 aromatic rings. The third-order valence-electron chi connectivity index (χ3n) is 5.62. The largest absolute Gasteiger partial charge is 0.464 e. The van der Waals surface area contributed by atoms with Gasteiger partial charge in [0.15, 0.2) is 11.8 Å². The van der Waals surface area contributed by atoms with E-state index in [1.165, 1.54) is 30.3 Å². The van der Waals surface area contributed by atoms with Gasteiger partial charge >= 0.3 is 53.6 Å². The molecule has 22 heteroatoms. The van der Waals surface area contributed by atoms with Crippen LogP contribution in [0, 0.1) is 0 Å². The lowest BCUT2D eigenvalue weighted by molar-refractivity contribution is -0.461. The number of esters is 1. The molecular weight excluding hydrogens is 665 g/mol. The fourth-order valence-electron chi connectivity index (χ4n) is 3.03. The zero-order valence-corrected chi connectivity index (χ0v) is 21.1. The topological polar surface area (TPSA) is 72.5 Å². The lowest BCUT2D eigenvalue weighted by Gasteiger charge is -2.42. The molecule has 0 aromatic heterocycles. The molecule has 1 rings (SSSR count). The van der Waals surface area contributed by atoms with Crippen LogP contribution in [-0.2, 0) is 14.3 Å². The summed E-state index contributed by atoms with van der Waals surface area (Å²) >= 11 is 0. The number of hydrogen-bond donors (Lipinski definition) is 1. The fourth-order valence-corrected chi connectivity index (χ4v) is 3.03. The van der Waals surface area contributed by atoms with E-state index in [4.69, 9.17) is 0 Å². The van der Waals surface area contributed by atoms with Crippen LogP contribution in [0.2, 0.25) is 0 Å². The highest BCUT2D eigenvalue weighted by atomic mass is 19.4. The molecule has 0 saturated heterocycles. The molecule has 0 saturated carbocycles. The Labute approximate surface area is 233 Å². The maximum Gasteiger partial charge on any atom is 0.460 e. The molecule has 252 valence electrons. The second-order valence-corrected chi connectivity index (χ2v) is 8.80. The highest BCUT2D eigenvalue weighted by molar-refractivity contribution is 6.07. The van der Waals surface area contributed by atoms with Crippen molar-refractivity contribution in [2.75, 3.05) is 6.61 Å². The third kappa shape index (κ3) is 6.52. The zero-order chi connectivity index (χ0) is 35.0.